The Labute approximate surface area is 671 Å². The molecule has 0 aliphatic heterocycles. The zero-order valence-electron chi connectivity index (χ0n) is 65.0. The van der Waals surface area contributed by atoms with Crippen LogP contribution in [-0.4, -0.2) is 13.7 Å². The average molecular weight is 1510 g/mol. The number of aromatic nitrogens is 3. The molecule has 0 radical (unpaired) electrons. The number of para-hydroxylation sites is 4. The summed E-state index contributed by atoms with van der Waals surface area (Å²) >= 11 is 0. The standard InChI is InChI=1S/C40H27NO2.2C34H23NO2/c1-40(2)34-15-9-8-13-28(34)31-22-33-32-20-24(17-19-36(32)41(37(33)23-35(31)40)26-10-4-3-5-11-26)25-16-18-29-27-12-6-7-14-30(27)39(42)43-38(29)21-25;1-34(2)27-15-7-5-11-21(27)25-18-26-22-12-6-8-16-29(22)35(31(26)19-28(25)34)30-17-9-14-23-20-10-3-4-13-24(20)33(36)37-32(23)30;1-34(2)28-13-7-5-10-22(28)26-18-27-23-11-6-8-14-30(23)35(31(27)19-29(26)34)20-15-16-24-21-9-3-4-12-25(21)33(36)37-32(24)17-20/h3-23H,1-2H3;2*3-19H,1-2H3. The monoisotopic (exact) mass is 1510 g/mol. The van der Waals surface area contributed by atoms with Crippen molar-refractivity contribution in [3.63, 3.8) is 0 Å². The molecule has 6 aromatic heterocycles. The SMILES string of the molecule is CC1(C)c2ccccc2-c2cc3c4cc(-c5ccc6c(c5)oc(=O)c5ccccc56)ccc4n(-c4ccccc4)c3cc21.CC1(C)c2ccccc2-c2cc3c4ccccc4n(-c4ccc5c(c4)oc(=O)c4ccccc45)c3cc21.CC1(C)c2ccccc2-c2cc3c4ccccc4n(-c4cccc5c4oc(=O)c4ccccc45)c3cc21. The molecule has 16 aromatic carbocycles. The molecule has 25 rings (SSSR count). The minimum atomic E-state index is -0.311. The van der Waals surface area contributed by atoms with Gasteiger partial charge in [-0.1, -0.05) is 248 Å². The van der Waals surface area contributed by atoms with Gasteiger partial charge in [0.1, 0.15) is 11.2 Å². The van der Waals surface area contributed by atoms with E-state index in [9.17, 15) is 14.4 Å². The Morgan fingerprint density at radius 2 is 0.573 bits per heavy atom. The zero-order chi connectivity index (χ0) is 78.6. The summed E-state index contributed by atoms with van der Waals surface area (Å²) in [4.78, 5) is 38.5. The van der Waals surface area contributed by atoms with E-state index >= 15 is 0 Å². The quantitative estimate of drug-likeness (QED) is 0.128. The lowest BCUT2D eigenvalue weighted by molar-refractivity contribution is 0.568. The summed E-state index contributed by atoms with van der Waals surface area (Å²) in [7, 11) is 0. The molecule has 9 heteroatoms. The van der Waals surface area contributed by atoms with Crippen molar-refractivity contribution in [1.82, 2.24) is 13.7 Å². The lowest BCUT2D eigenvalue weighted by atomic mass is 9.82. The zero-order valence-corrected chi connectivity index (χ0v) is 65.0. The van der Waals surface area contributed by atoms with Gasteiger partial charge in [-0.15, -0.1) is 0 Å². The molecule has 3 aliphatic rings. The molecule has 0 amide bonds. The van der Waals surface area contributed by atoms with Crippen LogP contribution in [0.4, 0.5) is 0 Å². The lowest BCUT2D eigenvalue weighted by Gasteiger charge is -2.21. The molecule has 22 aromatic rings. The third-order valence-corrected chi connectivity index (χ3v) is 25.9. The van der Waals surface area contributed by atoms with E-state index in [2.05, 4.69) is 298 Å². The van der Waals surface area contributed by atoms with Gasteiger partial charge in [0, 0.05) is 82.2 Å². The van der Waals surface area contributed by atoms with Gasteiger partial charge in [0.05, 0.1) is 54.9 Å². The normalized spacial score (nSPS) is 13.9. The highest BCUT2D eigenvalue weighted by Gasteiger charge is 2.40. The molecule has 9 nitrogen and oxygen atoms in total. The van der Waals surface area contributed by atoms with Crippen molar-refractivity contribution < 1.29 is 13.3 Å². The van der Waals surface area contributed by atoms with E-state index in [1.54, 1.807) is 0 Å². The fourth-order valence-corrected chi connectivity index (χ4v) is 20.2. The third-order valence-electron chi connectivity index (χ3n) is 25.9. The maximum absolute atomic E-state index is 13.0. The topological polar surface area (TPSA) is 105 Å². The van der Waals surface area contributed by atoms with Crippen molar-refractivity contribution in [2.75, 3.05) is 0 Å². The molecule has 6 heterocycles. The first kappa shape index (κ1) is 68.0. The Morgan fingerprint density at radius 1 is 0.214 bits per heavy atom. The number of nitrogens with zero attached hydrogens (tertiary/aromatic N) is 3. The average Bonchev–Trinajstić information content (AvgIpc) is 1.56. The van der Waals surface area contributed by atoms with E-state index < -0.39 is 0 Å². The summed E-state index contributed by atoms with van der Waals surface area (Å²) in [6.45, 7) is 13.9. The van der Waals surface area contributed by atoms with E-state index in [0.717, 1.165) is 88.1 Å². The van der Waals surface area contributed by atoms with Crippen molar-refractivity contribution in [3.05, 3.63) is 398 Å². The molecule has 0 fully saturated rings. The van der Waals surface area contributed by atoms with Gasteiger partial charge >= 0.3 is 16.9 Å². The Bertz CT molecular complexity index is 8320. The summed E-state index contributed by atoms with van der Waals surface area (Å²) < 4.78 is 24.6. The number of benzene rings is 16. The van der Waals surface area contributed by atoms with Crippen LogP contribution in [0.3, 0.4) is 0 Å². The second-order valence-corrected chi connectivity index (χ2v) is 33.2. The molecule has 0 unspecified atom stereocenters. The van der Waals surface area contributed by atoms with E-state index in [4.69, 9.17) is 13.3 Å². The Hall–Kier alpha value is -14.7. The predicted molar refractivity (Wildman–Crippen MR) is 481 cm³/mol. The fourth-order valence-electron chi connectivity index (χ4n) is 20.2. The Kier molecular flexibility index (Phi) is 14.5. The summed E-state index contributed by atoms with van der Waals surface area (Å²) in [5, 5.41) is 14.6. The highest BCUT2D eigenvalue weighted by molar-refractivity contribution is 6.17. The highest BCUT2D eigenvalue weighted by atomic mass is 16.4. The van der Waals surface area contributed by atoms with Crippen LogP contribution in [0.5, 0.6) is 0 Å². The molecular weight excluding hydrogens is 1440 g/mol. The molecule has 0 bridgehead atoms. The maximum atomic E-state index is 13.0. The van der Waals surface area contributed by atoms with Crippen LogP contribution in [0, 0.1) is 0 Å². The smallest absolute Gasteiger partial charge is 0.344 e. The summed E-state index contributed by atoms with van der Waals surface area (Å²) in [5.74, 6) is 0. The van der Waals surface area contributed by atoms with Crippen LogP contribution in [0.15, 0.2) is 361 Å². The van der Waals surface area contributed by atoms with Crippen LogP contribution >= 0.6 is 0 Å². The number of hydrogen-bond donors (Lipinski definition) is 0. The summed E-state index contributed by atoms with van der Waals surface area (Å²) in [6, 6.07) is 116. The van der Waals surface area contributed by atoms with E-state index in [0.29, 0.717) is 32.9 Å². The largest absolute Gasteiger partial charge is 0.422 e. The number of rotatable bonds is 4. The minimum absolute atomic E-state index is 0.0809. The van der Waals surface area contributed by atoms with Crippen LogP contribution in [0.2, 0.25) is 0 Å². The third kappa shape index (κ3) is 9.87. The van der Waals surface area contributed by atoms with E-state index in [1.807, 2.05) is 91.0 Å². The van der Waals surface area contributed by atoms with Crippen LogP contribution < -0.4 is 16.9 Å². The van der Waals surface area contributed by atoms with Crippen molar-refractivity contribution >= 4 is 131 Å². The molecule has 0 N–H and O–H groups in total. The predicted octanol–water partition coefficient (Wildman–Crippen LogP) is 26.7. The first-order valence-corrected chi connectivity index (χ1v) is 40.1. The van der Waals surface area contributed by atoms with Crippen molar-refractivity contribution in [1.29, 1.82) is 0 Å². The molecule has 0 spiro atoms. The highest BCUT2D eigenvalue weighted by Crippen LogP contribution is 2.55. The molecular formula is C108H73N3O6. The summed E-state index contributed by atoms with van der Waals surface area (Å²) in [6.07, 6.45) is 0. The van der Waals surface area contributed by atoms with Gasteiger partial charge in [-0.2, -0.15) is 0 Å². The fraction of sp³-hybridized carbons (Fsp3) is 0.0833. The molecule has 0 saturated heterocycles. The second-order valence-electron chi connectivity index (χ2n) is 33.2. The molecule has 0 saturated carbocycles. The van der Waals surface area contributed by atoms with E-state index in [-0.39, 0.29) is 33.1 Å². The Balaban J connectivity index is 0.000000104. The lowest BCUT2D eigenvalue weighted by Crippen LogP contribution is -2.15. The first-order valence-electron chi connectivity index (χ1n) is 40.1. The molecule has 3 aliphatic carbocycles. The second kappa shape index (κ2) is 24.9. The Morgan fingerprint density at radius 3 is 1.09 bits per heavy atom. The number of fused-ring (bicyclic) bond motifs is 27. The maximum Gasteiger partial charge on any atom is 0.344 e. The van der Waals surface area contributed by atoms with Crippen LogP contribution in [0.1, 0.15) is 74.9 Å². The van der Waals surface area contributed by atoms with Crippen LogP contribution in [-0.2, 0) is 16.2 Å². The minimum Gasteiger partial charge on any atom is -0.422 e. The number of hydrogen-bond acceptors (Lipinski definition) is 6. The molecule has 117 heavy (non-hydrogen) atoms. The molecule has 0 atom stereocenters. The molecule has 556 valence electrons. The van der Waals surface area contributed by atoms with Crippen LogP contribution in [0.25, 0.3) is 192 Å². The van der Waals surface area contributed by atoms with Gasteiger partial charge in [0.25, 0.3) is 0 Å². The van der Waals surface area contributed by atoms with E-state index in [1.165, 1.54) is 105 Å². The van der Waals surface area contributed by atoms with Gasteiger partial charge < -0.3 is 27.0 Å². The van der Waals surface area contributed by atoms with Crippen molar-refractivity contribution in [3.8, 4) is 61.6 Å². The van der Waals surface area contributed by atoms with Gasteiger partial charge in [0.2, 0.25) is 0 Å². The van der Waals surface area contributed by atoms with Gasteiger partial charge in [-0.25, -0.2) is 14.4 Å². The van der Waals surface area contributed by atoms with Gasteiger partial charge in [-0.3, -0.25) is 0 Å². The van der Waals surface area contributed by atoms with Gasteiger partial charge in [0.15, 0.2) is 5.58 Å². The van der Waals surface area contributed by atoms with Crippen molar-refractivity contribution in [2.24, 2.45) is 0 Å². The van der Waals surface area contributed by atoms with Gasteiger partial charge in [-0.05, 0) is 215 Å². The first-order chi connectivity index (χ1) is 57.0. The van der Waals surface area contributed by atoms with Crippen molar-refractivity contribution in [2.45, 2.75) is 57.8 Å². The summed E-state index contributed by atoms with van der Waals surface area (Å²) in [5.41, 5.74) is 28.5.